The van der Waals surface area contributed by atoms with E-state index in [4.69, 9.17) is 10.5 Å². The topological polar surface area (TPSA) is 55.5 Å². The second-order valence-corrected chi connectivity index (χ2v) is 5.73. The Bertz CT molecular complexity index is 373. The smallest absolute Gasteiger partial charge is 0.0541 e. The molecule has 1 atom stereocenters. The van der Waals surface area contributed by atoms with Gasteiger partial charge in [-0.2, -0.15) is 0 Å². The molecule has 1 aromatic rings. The van der Waals surface area contributed by atoms with Gasteiger partial charge in [0.1, 0.15) is 0 Å². The number of benzene rings is 1. The lowest BCUT2D eigenvalue weighted by atomic mass is 9.78. The first-order valence-electron chi connectivity index (χ1n) is 7.00. The molecule has 0 heterocycles. The summed E-state index contributed by atoms with van der Waals surface area (Å²) in [5, 5.41) is 9.79. The fourth-order valence-electron chi connectivity index (χ4n) is 2.16. The molecule has 1 unspecified atom stereocenters. The van der Waals surface area contributed by atoms with Crippen LogP contribution in [0.15, 0.2) is 24.3 Å². The second-order valence-electron chi connectivity index (χ2n) is 5.73. The van der Waals surface area contributed by atoms with Crippen LogP contribution < -0.4 is 5.73 Å². The molecule has 3 N–H and O–H groups in total. The number of nitrogens with two attached hydrogens (primary N) is 1. The number of aliphatic hydroxyl groups excluding tert-OH is 1. The summed E-state index contributed by atoms with van der Waals surface area (Å²) in [6.45, 7) is 8.17. The highest BCUT2D eigenvalue weighted by molar-refractivity contribution is 5.30. The number of ether oxygens (including phenoxy) is 1. The summed E-state index contributed by atoms with van der Waals surface area (Å²) < 4.78 is 5.64. The Balaban J connectivity index is 2.73. The third kappa shape index (κ3) is 4.60. The van der Waals surface area contributed by atoms with Gasteiger partial charge in [0.15, 0.2) is 0 Å². The molecule has 0 aliphatic carbocycles. The maximum Gasteiger partial charge on any atom is 0.0541 e. The van der Waals surface area contributed by atoms with E-state index >= 15 is 0 Å². The van der Waals surface area contributed by atoms with Crippen LogP contribution in [0.2, 0.25) is 0 Å². The first-order valence-corrected chi connectivity index (χ1v) is 7.00. The van der Waals surface area contributed by atoms with Gasteiger partial charge < -0.3 is 15.6 Å². The molecule has 0 spiro atoms. The summed E-state index contributed by atoms with van der Waals surface area (Å²) in [6.07, 6.45) is 0.746. The quantitative estimate of drug-likeness (QED) is 0.709. The zero-order chi connectivity index (χ0) is 14.3. The molecule has 108 valence electrons. The molecule has 0 aliphatic heterocycles. The van der Waals surface area contributed by atoms with Crippen molar-refractivity contribution in [1.29, 1.82) is 0 Å². The Labute approximate surface area is 116 Å². The third-order valence-corrected chi connectivity index (χ3v) is 3.50. The van der Waals surface area contributed by atoms with E-state index in [9.17, 15) is 5.11 Å². The second kappa shape index (κ2) is 7.63. The van der Waals surface area contributed by atoms with Crippen molar-refractivity contribution in [2.24, 2.45) is 11.7 Å². The lowest BCUT2D eigenvalue weighted by Gasteiger charge is -2.31. The summed E-state index contributed by atoms with van der Waals surface area (Å²) in [6, 6.07) is 8.21. The first kappa shape index (κ1) is 16.2. The fourth-order valence-corrected chi connectivity index (χ4v) is 2.16. The van der Waals surface area contributed by atoms with Gasteiger partial charge in [-0.25, -0.2) is 0 Å². The van der Waals surface area contributed by atoms with Crippen LogP contribution in [0.5, 0.6) is 0 Å². The van der Waals surface area contributed by atoms with Crippen LogP contribution in [0.3, 0.4) is 0 Å². The molecule has 0 fully saturated rings. The molecule has 0 aliphatic rings. The van der Waals surface area contributed by atoms with Crippen LogP contribution >= 0.6 is 0 Å². The highest BCUT2D eigenvalue weighted by atomic mass is 16.5. The van der Waals surface area contributed by atoms with E-state index < -0.39 is 0 Å². The van der Waals surface area contributed by atoms with Crippen molar-refractivity contribution in [3.63, 3.8) is 0 Å². The van der Waals surface area contributed by atoms with E-state index in [-0.39, 0.29) is 12.0 Å². The lowest BCUT2D eigenvalue weighted by Crippen LogP contribution is -2.40. The van der Waals surface area contributed by atoms with Gasteiger partial charge in [0, 0.05) is 25.2 Å². The van der Waals surface area contributed by atoms with Crippen LogP contribution in [0.4, 0.5) is 0 Å². The zero-order valence-corrected chi connectivity index (χ0v) is 12.4. The van der Waals surface area contributed by atoms with Crippen LogP contribution in [-0.2, 0) is 10.2 Å². The van der Waals surface area contributed by atoms with Crippen molar-refractivity contribution in [2.75, 3.05) is 26.4 Å². The monoisotopic (exact) mass is 265 g/mol. The maximum absolute atomic E-state index is 9.79. The van der Waals surface area contributed by atoms with Gasteiger partial charge in [0.2, 0.25) is 0 Å². The number of hydrogen-bond acceptors (Lipinski definition) is 3. The molecule has 3 heteroatoms. The average molecular weight is 265 g/mol. The van der Waals surface area contributed by atoms with Crippen molar-refractivity contribution in [2.45, 2.75) is 32.6 Å². The van der Waals surface area contributed by atoms with Crippen molar-refractivity contribution in [3.05, 3.63) is 35.4 Å². The number of aryl methyl sites for hydroxylation is 1. The van der Waals surface area contributed by atoms with Gasteiger partial charge in [-0.05, 0) is 24.8 Å². The summed E-state index contributed by atoms with van der Waals surface area (Å²) in [5.74, 6) is 0.528. The molecular formula is C16H27NO2. The van der Waals surface area contributed by atoms with Gasteiger partial charge in [-0.1, -0.05) is 43.7 Å². The van der Waals surface area contributed by atoms with E-state index in [1.54, 1.807) is 0 Å². The Morgan fingerprint density at radius 1 is 1.37 bits per heavy atom. The van der Waals surface area contributed by atoms with Crippen LogP contribution in [0.1, 0.15) is 31.4 Å². The predicted octanol–water partition coefficient (Wildman–Crippen LogP) is 2.25. The minimum Gasteiger partial charge on any atom is -0.395 e. The third-order valence-electron chi connectivity index (χ3n) is 3.50. The van der Waals surface area contributed by atoms with Gasteiger partial charge in [-0.3, -0.25) is 0 Å². The SMILES string of the molecule is Cc1cccc(C(CN)(CO)CCOCC(C)C)c1. The standard InChI is InChI=1S/C16H27NO2/c1-13(2)10-19-8-7-16(11-17,12-18)15-6-4-5-14(3)9-15/h4-6,9,13,18H,7-8,10-12,17H2,1-3H3. The van der Waals surface area contributed by atoms with E-state index in [0.717, 1.165) is 18.6 Å². The predicted molar refractivity (Wildman–Crippen MR) is 79.3 cm³/mol. The van der Waals surface area contributed by atoms with Gasteiger partial charge in [0.25, 0.3) is 0 Å². The molecule has 0 aromatic heterocycles. The molecule has 19 heavy (non-hydrogen) atoms. The molecular weight excluding hydrogens is 238 g/mol. The number of hydrogen-bond donors (Lipinski definition) is 2. The minimum atomic E-state index is -0.386. The first-order chi connectivity index (χ1) is 9.04. The zero-order valence-electron chi connectivity index (χ0n) is 12.4. The average Bonchev–Trinajstić information content (AvgIpc) is 2.39. The van der Waals surface area contributed by atoms with Crippen molar-refractivity contribution >= 4 is 0 Å². The number of rotatable bonds is 8. The minimum absolute atomic E-state index is 0.0536. The number of aliphatic hydroxyl groups is 1. The fraction of sp³-hybridized carbons (Fsp3) is 0.625. The molecule has 0 saturated heterocycles. The van der Waals surface area contributed by atoms with Gasteiger partial charge >= 0.3 is 0 Å². The Hall–Kier alpha value is -0.900. The van der Waals surface area contributed by atoms with Crippen LogP contribution in [0, 0.1) is 12.8 Å². The van der Waals surface area contributed by atoms with Crippen LogP contribution in [-0.4, -0.2) is 31.5 Å². The van der Waals surface area contributed by atoms with Gasteiger partial charge in [-0.15, -0.1) is 0 Å². The molecule has 0 bridgehead atoms. The van der Waals surface area contributed by atoms with Crippen molar-refractivity contribution in [3.8, 4) is 0 Å². The molecule has 0 amide bonds. The van der Waals surface area contributed by atoms with E-state index in [1.165, 1.54) is 5.56 Å². The molecule has 0 saturated carbocycles. The molecule has 1 rings (SSSR count). The molecule has 0 radical (unpaired) electrons. The van der Waals surface area contributed by atoms with E-state index in [1.807, 2.05) is 12.1 Å². The van der Waals surface area contributed by atoms with E-state index in [2.05, 4.69) is 32.9 Å². The molecule has 1 aromatic carbocycles. The normalized spacial score (nSPS) is 14.6. The summed E-state index contributed by atoms with van der Waals surface area (Å²) in [5.41, 5.74) is 7.83. The van der Waals surface area contributed by atoms with Crippen molar-refractivity contribution < 1.29 is 9.84 Å². The summed E-state index contributed by atoms with van der Waals surface area (Å²) >= 11 is 0. The van der Waals surface area contributed by atoms with E-state index in [0.29, 0.717) is 19.1 Å². The summed E-state index contributed by atoms with van der Waals surface area (Å²) in [7, 11) is 0. The Kier molecular flexibility index (Phi) is 6.49. The molecule has 3 nitrogen and oxygen atoms in total. The maximum atomic E-state index is 9.79. The van der Waals surface area contributed by atoms with Crippen LogP contribution in [0.25, 0.3) is 0 Å². The Morgan fingerprint density at radius 3 is 2.63 bits per heavy atom. The largest absolute Gasteiger partial charge is 0.395 e. The Morgan fingerprint density at radius 2 is 2.11 bits per heavy atom. The lowest BCUT2D eigenvalue weighted by molar-refractivity contribution is 0.0790. The van der Waals surface area contributed by atoms with Gasteiger partial charge in [0.05, 0.1) is 6.61 Å². The summed E-state index contributed by atoms with van der Waals surface area (Å²) in [4.78, 5) is 0. The highest BCUT2D eigenvalue weighted by Gasteiger charge is 2.30. The van der Waals surface area contributed by atoms with Crippen molar-refractivity contribution in [1.82, 2.24) is 0 Å². The highest BCUT2D eigenvalue weighted by Crippen LogP contribution is 2.27.